The van der Waals surface area contributed by atoms with Gasteiger partial charge in [0.2, 0.25) is 10.0 Å². The predicted molar refractivity (Wildman–Crippen MR) is 117 cm³/mol. The van der Waals surface area contributed by atoms with Crippen molar-refractivity contribution in [3.8, 4) is 5.75 Å². The van der Waals surface area contributed by atoms with Gasteiger partial charge in [0.15, 0.2) is 23.2 Å². The van der Waals surface area contributed by atoms with E-state index in [9.17, 15) is 12.8 Å². The molecule has 31 heavy (non-hydrogen) atoms. The van der Waals surface area contributed by atoms with Gasteiger partial charge in [-0.1, -0.05) is 12.8 Å². The monoisotopic (exact) mass is 449 g/mol. The molecule has 0 radical (unpaired) electrons. The lowest BCUT2D eigenvalue weighted by Crippen LogP contribution is -2.49. The van der Waals surface area contributed by atoms with Crippen molar-refractivity contribution in [1.82, 2.24) is 14.5 Å². The van der Waals surface area contributed by atoms with E-state index in [1.165, 1.54) is 49.2 Å². The molecular formula is C21H28FN5O3S. The molecule has 10 heteroatoms. The summed E-state index contributed by atoms with van der Waals surface area (Å²) < 4.78 is 46.0. The smallest absolute Gasteiger partial charge is 0.243 e. The van der Waals surface area contributed by atoms with Crippen molar-refractivity contribution in [2.75, 3.05) is 56.2 Å². The molecule has 2 aliphatic rings. The SMILES string of the molecule is COc1ccc(S(=O)(=O)N2CCN(c3ccc(N4CCCCCC4)nn3)CC2)cc1F. The van der Waals surface area contributed by atoms with Crippen LogP contribution in [0, 0.1) is 5.82 Å². The number of halogens is 1. The van der Waals surface area contributed by atoms with Crippen LogP contribution in [0.3, 0.4) is 0 Å². The number of benzene rings is 1. The van der Waals surface area contributed by atoms with Crippen molar-refractivity contribution in [3.05, 3.63) is 36.1 Å². The molecule has 2 aromatic rings. The van der Waals surface area contributed by atoms with Crippen LogP contribution in [0.1, 0.15) is 25.7 Å². The lowest BCUT2D eigenvalue weighted by molar-refractivity contribution is 0.379. The molecule has 4 rings (SSSR count). The highest BCUT2D eigenvalue weighted by Gasteiger charge is 2.30. The lowest BCUT2D eigenvalue weighted by atomic mass is 10.2. The summed E-state index contributed by atoms with van der Waals surface area (Å²) in [5.41, 5.74) is 0. The second-order valence-corrected chi connectivity index (χ2v) is 9.78. The van der Waals surface area contributed by atoms with Gasteiger partial charge < -0.3 is 14.5 Å². The van der Waals surface area contributed by atoms with E-state index in [2.05, 4.69) is 15.1 Å². The zero-order valence-corrected chi connectivity index (χ0v) is 18.5. The van der Waals surface area contributed by atoms with Crippen LogP contribution < -0.4 is 14.5 Å². The number of nitrogens with zero attached hydrogens (tertiary/aromatic N) is 5. The van der Waals surface area contributed by atoms with Crippen LogP contribution in [0.4, 0.5) is 16.0 Å². The minimum absolute atomic E-state index is 0.0194. The van der Waals surface area contributed by atoms with E-state index in [1.54, 1.807) is 0 Å². The summed E-state index contributed by atoms with van der Waals surface area (Å²) in [6.07, 6.45) is 4.88. The molecule has 0 atom stereocenters. The standard InChI is InChI=1S/C21H28FN5O3S/c1-30-19-7-6-17(16-18(19)22)31(28,29)27-14-12-26(13-15-27)21-9-8-20(23-24-21)25-10-4-2-3-5-11-25/h6-9,16H,2-5,10-15H2,1H3. The maximum absolute atomic E-state index is 14.0. The highest BCUT2D eigenvalue weighted by atomic mass is 32.2. The Morgan fingerprint density at radius 3 is 1.94 bits per heavy atom. The molecule has 0 unspecified atom stereocenters. The molecule has 168 valence electrons. The van der Waals surface area contributed by atoms with Crippen molar-refractivity contribution < 1.29 is 17.5 Å². The van der Waals surface area contributed by atoms with Crippen LogP contribution in [0.15, 0.2) is 35.2 Å². The Hall–Kier alpha value is -2.46. The Kier molecular flexibility index (Phi) is 6.57. The van der Waals surface area contributed by atoms with E-state index >= 15 is 0 Å². The first-order chi connectivity index (χ1) is 15.0. The van der Waals surface area contributed by atoms with Gasteiger partial charge in [-0.2, -0.15) is 4.31 Å². The Labute approximate surface area is 182 Å². The van der Waals surface area contributed by atoms with Crippen molar-refractivity contribution in [3.63, 3.8) is 0 Å². The number of aromatic nitrogens is 2. The highest BCUT2D eigenvalue weighted by Crippen LogP contribution is 2.25. The Bertz CT molecular complexity index is 987. The number of hydrogen-bond donors (Lipinski definition) is 0. The third-order valence-electron chi connectivity index (χ3n) is 5.89. The largest absolute Gasteiger partial charge is 0.494 e. The van der Waals surface area contributed by atoms with Gasteiger partial charge in [0.25, 0.3) is 0 Å². The highest BCUT2D eigenvalue weighted by molar-refractivity contribution is 7.89. The first-order valence-electron chi connectivity index (χ1n) is 10.7. The fraction of sp³-hybridized carbons (Fsp3) is 0.524. The second-order valence-electron chi connectivity index (χ2n) is 7.84. The summed E-state index contributed by atoms with van der Waals surface area (Å²) in [7, 11) is -2.43. The summed E-state index contributed by atoms with van der Waals surface area (Å²) in [4.78, 5) is 4.24. The maximum atomic E-state index is 14.0. The average Bonchev–Trinajstić information content (AvgIpc) is 3.09. The molecule has 2 fully saturated rings. The molecule has 0 saturated carbocycles. The van der Waals surface area contributed by atoms with Gasteiger partial charge in [0.1, 0.15) is 0 Å². The van der Waals surface area contributed by atoms with Gasteiger partial charge >= 0.3 is 0 Å². The fourth-order valence-corrected chi connectivity index (χ4v) is 5.50. The van der Waals surface area contributed by atoms with E-state index in [0.29, 0.717) is 26.2 Å². The van der Waals surface area contributed by atoms with Gasteiger partial charge in [-0.3, -0.25) is 0 Å². The third kappa shape index (κ3) is 4.74. The Balaban J connectivity index is 1.39. The molecule has 0 N–H and O–H groups in total. The zero-order chi connectivity index (χ0) is 21.8. The second kappa shape index (κ2) is 9.35. The number of piperazine rings is 1. The van der Waals surface area contributed by atoms with Crippen molar-refractivity contribution in [2.24, 2.45) is 0 Å². The Morgan fingerprint density at radius 2 is 1.42 bits per heavy atom. The molecular weight excluding hydrogens is 421 g/mol. The topological polar surface area (TPSA) is 78.9 Å². The van der Waals surface area contributed by atoms with E-state index < -0.39 is 15.8 Å². The first kappa shape index (κ1) is 21.8. The maximum Gasteiger partial charge on any atom is 0.243 e. The molecule has 0 bridgehead atoms. The molecule has 2 saturated heterocycles. The summed E-state index contributed by atoms with van der Waals surface area (Å²) in [6, 6.07) is 7.66. The van der Waals surface area contributed by atoms with Crippen LogP contribution >= 0.6 is 0 Å². The molecule has 0 amide bonds. The van der Waals surface area contributed by atoms with Gasteiger partial charge in [-0.15, -0.1) is 10.2 Å². The minimum Gasteiger partial charge on any atom is -0.494 e. The van der Waals surface area contributed by atoms with Gasteiger partial charge in [-0.25, -0.2) is 12.8 Å². The van der Waals surface area contributed by atoms with Gasteiger partial charge in [-0.05, 0) is 43.2 Å². The van der Waals surface area contributed by atoms with Crippen molar-refractivity contribution >= 4 is 21.7 Å². The number of anilines is 2. The molecule has 8 nitrogen and oxygen atoms in total. The van der Waals surface area contributed by atoms with Crippen molar-refractivity contribution in [1.29, 1.82) is 0 Å². The summed E-state index contributed by atoms with van der Waals surface area (Å²) >= 11 is 0. The van der Waals surface area contributed by atoms with Crippen LogP contribution in [0.2, 0.25) is 0 Å². The summed E-state index contributed by atoms with van der Waals surface area (Å²) in [5.74, 6) is 0.965. The molecule has 0 spiro atoms. The molecule has 1 aromatic carbocycles. The molecule has 0 aliphatic carbocycles. The quantitative estimate of drug-likeness (QED) is 0.694. The summed E-state index contributed by atoms with van der Waals surface area (Å²) in [5, 5.41) is 8.80. The summed E-state index contributed by atoms with van der Waals surface area (Å²) in [6.45, 7) is 3.61. The molecule has 3 heterocycles. The van der Waals surface area contributed by atoms with Crippen molar-refractivity contribution in [2.45, 2.75) is 30.6 Å². The number of rotatable bonds is 5. The fourth-order valence-electron chi connectivity index (χ4n) is 4.07. The van der Waals surface area contributed by atoms with E-state index in [-0.39, 0.29) is 10.6 Å². The van der Waals surface area contributed by atoms with Crippen LogP contribution in [-0.4, -0.2) is 69.3 Å². The average molecular weight is 450 g/mol. The lowest BCUT2D eigenvalue weighted by Gasteiger charge is -2.34. The number of methoxy groups -OCH3 is 1. The number of ether oxygens (including phenoxy) is 1. The molecule has 2 aliphatic heterocycles. The van der Waals surface area contributed by atoms with E-state index in [4.69, 9.17) is 4.74 Å². The minimum atomic E-state index is -3.77. The normalized spacial score (nSPS) is 18.6. The third-order valence-corrected chi connectivity index (χ3v) is 7.78. The van der Waals surface area contributed by atoms with Gasteiger partial charge in [0, 0.05) is 39.3 Å². The number of hydrogen-bond acceptors (Lipinski definition) is 7. The van der Waals surface area contributed by atoms with Crippen LogP contribution in [0.25, 0.3) is 0 Å². The molecule has 1 aromatic heterocycles. The number of sulfonamides is 1. The zero-order valence-electron chi connectivity index (χ0n) is 17.7. The van der Waals surface area contributed by atoms with E-state index in [0.717, 1.165) is 30.8 Å². The van der Waals surface area contributed by atoms with E-state index in [1.807, 2.05) is 17.0 Å². The van der Waals surface area contributed by atoms with Gasteiger partial charge in [0.05, 0.1) is 12.0 Å². The predicted octanol–water partition coefficient (Wildman–Crippen LogP) is 2.52. The first-order valence-corrected chi connectivity index (χ1v) is 12.1. The van der Waals surface area contributed by atoms with Crippen LogP contribution in [-0.2, 0) is 10.0 Å². The van der Waals surface area contributed by atoms with Crippen LogP contribution in [0.5, 0.6) is 5.75 Å². The Morgan fingerprint density at radius 1 is 0.839 bits per heavy atom.